The number of pyridine rings is 2. The summed E-state index contributed by atoms with van der Waals surface area (Å²) in [5, 5.41) is 2.76. The van der Waals surface area contributed by atoms with Crippen molar-refractivity contribution in [1.29, 1.82) is 0 Å². The average molecular weight is 441 g/mol. The van der Waals surface area contributed by atoms with Crippen LogP contribution in [0, 0.1) is 6.92 Å². The fourth-order valence-corrected chi connectivity index (χ4v) is 3.40. The highest BCUT2D eigenvalue weighted by molar-refractivity contribution is 5.97. The zero-order valence-corrected chi connectivity index (χ0v) is 17.6. The number of carbonyl (C=O) groups is 1. The molecule has 5 N–H and O–H groups in total. The highest BCUT2D eigenvalue weighted by Gasteiger charge is 2.22. The molecule has 0 spiro atoms. The number of amides is 1. The van der Waals surface area contributed by atoms with Crippen molar-refractivity contribution >= 4 is 23.2 Å². The summed E-state index contributed by atoms with van der Waals surface area (Å²) < 4.78 is 7.36. The van der Waals surface area contributed by atoms with Crippen LogP contribution in [0.15, 0.2) is 59.6 Å². The van der Waals surface area contributed by atoms with Crippen LogP contribution >= 0.6 is 0 Å². The Hall–Kier alpha value is -4.80. The van der Waals surface area contributed by atoms with E-state index in [-0.39, 0.29) is 23.9 Å². The zero-order chi connectivity index (χ0) is 22.9. The summed E-state index contributed by atoms with van der Waals surface area (Å²) in [6.45, 7) is 2.10. The van der Waals surface area contributed by atoms with Crippen molar-refractivity contribution in [3.63, 3.8) is 0 Å². The second kappa shape index (κ2) is 8.04. The van der Waals surface area contributed by atoms with E-state index in [1.807, 2.05) is 29.7 Å². The predicted molar refractivity (Wildman–Crippen MR) is 121 cm³/mol. The number of hydrogen-bond acceptors (Lipinski definition) is 9. The quantitative estimate of drug-likeness (QED) is 0.371. The number of hydrogen-bond donors (Lipinski definition) is 3. The van der Waals surface area contributed by atoms with Crippen LogP contribution in [-0.2, 0) is 6.54 Å². The lowest BCUT2D eigenvalue weighted by molar-refractivity contribution is 0.0946. The number of oxazole rings is 1. The first-order valence-electron chi connectivity index (χ1n) is 10.0. The van der Waals surface area contributed by atoms with E-state index in [1.54, 1.807) is 24.4 Å². The van der Waals surface area contributed by atoms with Crippen molar-refractivity contribution in [2.24, 2.45) is 0 Å². The molecule has 0 saturated carbocycles. The number of imidazole rings is 1. The number of fused-ring (bicyclic) bond motifs is 1. The summed E-state index contributed by atoms with van der Waals surface area (Å²) in [5.74, 6) is 0.0561. The number of aromatic nitrogens is 6. The Bertz CT molecular complexity index is 1480. The van der Waals surface area contributed by atoms with Crippen LogP contribution in [0.5, 0.6) is 0 Å². The highest BCUT2D eigenvalue weighted by Crippen LogP contribution is 2.30. The second-order valence-electron chi connectivity index (χ2n) is 7.27. The number of nitrogen functional groups attached to an aromatic ring is 2. The smallest absolute Gasteiger partial charge is 0.274 e. The minimum atomic E-state index is -0.496. The molecule has 0 unspecified atom stereocenters. The van der Waals surface area contributed by atoms with E-state index in [4.69, 9.17) is 15.9 Å². The summed E-state index contributed by atoms with van der Waals surface area (Å²) in [5.41, 5.74) is 15.5. The molecule has 11 nitrogen and oxygen atoms in total. The number of nitrogens with two attached hydrogens (primary N) is 2. The standard InChI is InChI=1S/C22H19N9O2/c1-12-9-26-16-6-5-13(11-31(12)16)17-18(22-25-7-8-33-22)30-20(24)19(29-17)21(32)27-10-14-3-2-4-15(23)28-14/h2-9,11H,10H2,1H3,(H2,23,28)(H2,24,30)(H,27,32). The Morgan fingerprint density at radius 3 is 2.76 bits per heavy atom. The van der Waals surface area contributed by atoms with Gasteiger partial charge in [-0.05, 0) is 31.2 Å². The Morgan fingerprint density at radius 1 is 1.09 bits per heavy atom. The average Bonchev–Trinajstić information content (AvgIpc) is 3.47. The minimum absolute atomic E-state index is 0.0216. The summed E-state index contributed by atoms with van der Waals surface area (Å²) in [7, 11) is 0. The summed E-state index contributed by atoms with van der Waals surface area (Å²) in [6.07, 6.45) is 6.56. The van der Waals surface area contributed by atoms with Crippen LogP contribution in [0.3, 0.4) is 0 Å². The molecule has 33 heavy (non-hydrogen) atoms. The molecule has 0 radical (unpaired) electrons. The summed E-state index contributed by atoms with van der Waals surface area (Å²) in [4.78, 5) is 34.6. The number of anilines is 2. The van der Waals surface area contributed by atoms with Gasteiger partial charge >= 0.3 is 0 Å². The van der Waals surface area contributed by atoms with Gasteiger partial charge in [-0.25, -0.2) is 24.9 Å². The van der Waals surface area contributed by atoms with Gasteiger partial charge in [0.15, 0.2) is 17.2 Å². The van der Waals surface area contributed by atoms with Gasteiger partial charge < -0.3 is 25.6 Å². The molecule has 5 heterocycles. The Morgan fingerprint density at radius 2 is 1.97 bits per heavy atom. The third-order valence-electron chi connectivity index (χ3n) is 5.00. The monoisotopic (exact) mass is 441 g/mol. The molecule has 5 aromatic heterocycles. The number of aryl methyl sites for hydroxylation is 1. The lowest BCUT2D eigenvalue weighted by atomic mass is 10.1. The van der Waals surface area contributed by atoms with Crippen LogP contribution in [0.2, 0.25) is 0 Å². The first-order valence-corrected chi connectivity index (χ1v) is 10.0. The lowest BCUT2D eigenvalue weighted by Gasteiger charge is -2.12. The van der Waals surface area contributed by atoms with E-state index >= 15 is 0 Å². The molecular formula is C22H19N9O2. The van der Waals surface area contributed by atoms with Crippen molar-refractivity contribution in [2.75, 3.05) is 11.5 Å². The normalized spacial score (nSPS) is 11.1. The fraction of sp³-hybridized carbons (Fsp3) is 0.0909. The van der Waals surface area contributed by atoms with Gasteiger partial charge in [0, 0.05) is 23.7 Å². The Balaban J connectivity index is 1.56. The van der Waals surface area contributed by atoms with Gasteiger partial charge in [0.1, 0.15) is 23.4 Å². The van der Waals surface area contributed by atoms with Gasteiger partial charge in [0.25, 0.3) is 5.91 Å². The zero-order valence-electron chi connectivity index (χ0n) is 17.6. The van der Waals surface area contributed by atoms with Crippen LogP contribution in [0.25, 0.3) is 28.5 Å². The molecule has 0 aromatic carbocycles. The molecule has 11 heteroatoms. The van der Waals surface area contributed by atoms with Crippen molar-refractivity contribution in [3.05, 3.63) is 72.3 Å². The number of rotatable bonds is 5. The largest absolute Gasteiger partial charge is 0.443 e. The van der Waals surface area contributed by atoms with Crippen molar-refractivity contribution in [3.8, 4) is 22.8 Å². The van der Waals surface area contributed by atoms with E-state index in [2.05, 4.69) is 30.2 Å². The fourth-order valence-electron chi connectivity index (χ4n) is 3.40. The van der Waals surface area contributed by atoms with E-state index in [9.17, 15) is 4.79 Å². The molecule has 0 saturated heterocycles. The number of carbonyl (C=O) groups excluding carboxylic acids is 1. The topological polar surface area (TPSA) is 163 Å². The van der Waals surface area contributed by atoms with Crippen LogP contribution < -0.4 is 16.8 Å². The third kappa shape index (κ3) is 3.82. The molecule has 0 aliphatic carbocycles. The molecule has 5 rings (SSSR count). The van der Waals surface area contributed by atoms with Gasteiger partial charge in [-0.3, -0.25) is 4.79 Å². The molecule has 0 aliphatic rings. The van der Waals surface area contributed by atoms with Gasteiger partial charge in [-0.2, -0.15) is 0 Å². The van der Waals surface area contributed by atoms with Crippen molar-refractivity contribution in [1.82, 2.24) is 34.6 Å². The number of nitrogens with one attached hydrogen (secondary N) is 1. The SMILES string of the molecule is Cc1cnc2ccc(-c3nc(C(=O)NCc4cccc(N)n4)c(N)nc3-c3ncco3)cn12. The molecule has 0 fully saturated rings. The van der Waals surface area contributed by atoms with Crippen LogP contribution in [0.1, 0.15) is 21.9 Å². The lowest BCUT2D eigenvalue weighted by Crippen LogP contribution is -2.26. The van der Waals surface area contributed by atoms with E-state index in [1.165, 1.54) is 12.5 Å². The van der Waals surface area contributed by atoms with Gasteiger partial charge in [-0.1, -0.05) is 6.07 Å². The van der Waals surface area contributed by atoms with Crippen molar-refractivity contribution in [2.45, 2.75) is 13.5 Å². The van der Waals surface area contributed by atoms with E-state index in [0.29, 0.717) is 28.5 Å². The van der Waals surface area contributed by atoms with Gasteiger partial charge in [0.05, 0.1) is 18.4 Å². The van der Waals surface area contributed by atoms with Gasteiger partial charge in [0.2, 0.25) is 5.89 Å². The van der Waals surface area contributed by atoms with Crippen LogP contribution in [-0.4, -0.2) is 35.2 Å². The van der Waals surface area contributed by atoms with Gasteiger partial charge in [-0.15, -0.1) is 0 Å². The third-order valence-corrected chi connectivity index (χ3v) is 5.00. The maximum atomic E-state index is 12.9. The Labute approximate surface area is 187 Å². The van der Waals surface area contributed by atoms with Crippen molar-refractivity contribution < 1.29 is 9.21 Å². The molecule has 5 aromatic rings. The minimum Gasteiger partial charge on any atom is -0.443 e. The molecule has 0 aliphatic heterocycles. The maximum Gasteiger partial charge on any atom is 0.274 e. The Kier molecular flexibility index (Phi) is 4.90. The summed E-state index contributed by atoms with van der Waals surface area (Å²) in [6, 6.07) is 8.87. The van der Waals surface area contributed by atoms with Crippen LogP contribution in [0.4, 0.5) is 11.6 Å². The molecular weight excluding hydrogens is 422 g/mol. The molecule has 164 valence electrons. The first-order chi connectivity index (χ1) is 16.0. The second-order valence-corrected chi connectivity index (χ2v) is 7.27. The maximum absolute atomic E-state index is 12.9. The predicted octanol–water partition coefficient (Wildman–Crippen LogP) is 2.24. The summed E-state index contributed by atoms with van der Waals surface area (Å²) >= 11 is 0. The first kappa shape index (κ1) is 20.1. The van der Waals surface area contributed by atoms with E-state index < -0.39 is 5.91 Å². The molecule has 0 atom stereocenters. The number of nitrogens with zero attached hydrogens (tertiary/aromatic N) is 6. The molecule has 0 bridgehead atoms. The van der Waals surface area contributed by atoms with E-state index in [0.717, 1.165) is 11.3 Å². The highest BCUT2D eigenvalue weighted by atomic mass is 16.3. The molecule has 1 amide bonds.